The van der Waals surface area contributed by atoms with Crippen LogP contribution in [0, 0.1) is 13.7 Å². The van der Waals surface area contributed by atoms with E-state index in [4.69, 9.17) is 11.6 Å². The zero-order valence-corrected chi connectivity index (χ0v) is 41.3. The summed E-state index contributed by atoms with van der Waals surface area (Å²) in [5, 5.41) is 0. The normalized spacial score (nSPS) is 19.6. The molecule has 4 nitrogen and oxygen atoms in total. The molecule has 8 aromatic rings. The summed E-state index contributed by atoms with van der Waals surface area (Å²) < 4.78 is 80.9. The molecular weight excluding hydrogens is 839 g/mol. The third kappa shape index (κ3) is 6.43. The topological polar surface area (TPSA) is 19.6 Å². The molecule has 7 aromatic carbocycles. The van der Waals surface area contributed by atoms with E-state index in [1.807, 2.05) is 76.2 Å². The molecule has 69 heavy (non-hydrogen) atoms. The minimum absolute atomic E-state index is 0.179. The Bertz CT molecular complexity index is 3730. The van der Waals surface area contributed by atoms with Gasteiger partial charge < -0.3 is 9.64 Å². The number of nitrogens with zero attached hydrogens (tertiary/aromatic N) is 3. The first-order valence-electron chi connectivity index (χ1n) is 28.3. The lowest BCUT2D eigenvalue weighted by molar-refractivity contribution is -0.774. The van der Waals surface area contributed by atoms with Crippen molar-refractivity contribution in [2.75, 3.05) is 9.80 Å². The summed E-state index contributed by atoms with van der Waals surface area (Å²) in [5.41, 5.74) is 16.9. The summed E-state index contributed by atoms with van der Waals surface area (Å²) in [6.07, 6.45) is 1.47. The molecule has 4 heteroatoms. The molecule has 0 bridgehead atoms. The van der Waals surface area contributed by atoms with Gasteiger partial charge in [0.25, 0.3) is 0 Å². The molecule has 344 valence electrons. The van der Waals surface area contributed by atoms with Gasteiger partial charge in [0, 0.05) is 51.0 Å². The minimum atomic E-state index is -2.58. The number of rotatable bonds is 6. The number of aryl methyl sites for hydroxylation is 2. The van der Waals surface area contributed by atoms with Crippen LogP contribution in [-0.2, 0) is 16.7 Å². The van der Waals surface area contributed by atoms with Crippen molar-refractivity contribution in [1.82, 2.24) is 0 Å². The van der Waals surface area contributed by atoms with Gasteiger partial charge in [-0.2, -0.15) is 0 Å². The maximum Gasteiger partial charge on any atom is 0.432 e. The number of ether oxygens (including phenoxy) is 1. The van der Waals surface area contributed by atoms with E-state index in [0.29, 0.717) is 11.3 Å². The van der Waals surface area contributed by atoms with E-state index in [1.54, 1.807) is 18.2 Å². The smallest absolute Gasteiger partial charge is 0.410 e. The van der Waals surface area contributed by atoms with Crippen LogP contribution in [0.3, 0.4) is 0 Å². The Labute approximate surface area is 421 Å². The first-order valence-corrected chi connectivity index (χ1v) is 24.3. The Morgan fingerprint density at radius 3 is 1.96 bits per heavy atom. The summed E-state index contributed by atoms with van der Waals surface area (Å²) in [4.78, 5) is 4.66. The van der Waals surface area contributed by atoms with Gasteiger partial charge in [-0.1, -0.05) is 172 Å². The molecular formula is C65H64N3O+. The Morgan fingerprint density at radius 2 is 1.28 bits per heavy atom. The van der Waals surface area contributed by atoms with Gasteiger partial charge in [-0.3, -0.25) is 0 Å². The van der Waals surface area contributed by atoms with Crippen molar-refractivity contribution in [1.29, 1.82) is 0 Å². The lowest BCUT2D eigenvalue weighted by Gasteiger charge is -2.49. The fraction of sp³-hybridized carbons (Fsp3) is 0.277. The van der Waals surface area contributed by atoms with Crippen LogP contribution >= 0.6 is 0 Å². The molecule has 1 spiro atoms. The average Bonchev–Trinajstić information content (AvgIpc) is 4.10. The summed E-state index contributed by atoms with van der Waals surface area (Å²) >= 11 is 0. The number of para-hydroxylation sites is 1. The number of benzene rings is 7. The fourth-order valence-corrected chi connectivity index (χ4v) is 11.3. The van der Waals surface area contributed by atoms with Gasteiger partial charge in [0.1, 0.15) is 17.5 Å². The highest BCUT2D eigenvalue weighted by Crippen LogP contribution is 2.68. The standard InChI is InChI=1S/C65H64N3O/c1-38(2)46-30-47(39(3)4)32-48(31-46)44-25-26-56(41(6)29-44)67-57-20-16-19-51-52-33-49(42-17-14-13-15-18-42)34-53-58-35-45(43-23-21-40(5)22-24-43)27-28-66(58)65(59(52)53)68(60(51)57)62(67)54-36-50(63(7,8)9)37-55(61(54)69-65)64(10,11)12/h13-39,62H,1-12H3/q+1/i5D3,6D3,38D,39D. The summed E-state index contributed by atoms with van der Waals surface area (Å²) in [6.45, 7) is 15.9. The van der Waals surface area contributed by atoms with E-state index in [2.05, 4.69) is 141 Å². The number of hydrogen-bond acceptors (Lipinski definition) is 3. The Hall–Kier alpha value is -6.91. The van der Waals surface area contributed by atoms with Gasteiger partial charge in [0.05, 0.1) is 16.9 Å². The van der Waals surface area contributed by atoms with Crippen LogP contribution < -0.4 is 19.1 Å². The van der Waals surface area contributed by atoms with Gasteiger partial charge in [-0.25, -0.2) is 4.90 Å². The van der Waals surface area contributed by atoms with Crippen molar-refractivity contribution in [2.45, 2.75) is 118 Å². The second-order valence-corrected chi connectivity index (χ2v) is 22.0. The third-order valence-corrected chi connectivity index (χ3v) is 15.0. The molecule has 0 aliphatic carbocycles. The first-order chi connectivity index (χ1) is 35.9. The zero-order valence-electron chi connectivity index (χ0n) is 49.3. The van der Waals surface area contributed by atoms with Gasteiger partial charge in [-0.05, 0) is 128 Å². The number of anilines is 3. The highest BCUT2D eigenvalue weighted by atomic mass is 16.5. The fourth-order valence-electron chi connectivity index (χ4n) is 11.3. The van der Waals surface area contributed by atoms with E-state index < -0.39 is 42.9 Å². The molecule has 5 heterocycles. The predicted octanol–water partition coefficient (Wildman–Crippen LogP) is 16.8. The van der Waals surface area contributed by atoms with Crippen molar-refractivity contribution in [2.24, 2.45) is 0 Å². The molecule has 0 amide bonds. The van der Waals surface area contributed by atoms with E-state index in [1.165, 1.54) is 0 Å². The molecule has 0 fully saturated rings. The van der Waals surface area contributed by atoms with Crippen molar-refractivity contribution < 1.29 is 20.3 Å². The van der Waals surface area contributed by atoms with E-state index >= 15 is 0 Å². The Morgan fingerprint density at radius 1 is 0.594 bits per heavy atom. The number of pyridine rings is 1. The molecule has 2 atom stereocenters. The highest BCUT2D eigenvalue weighted by molar-refractivity contribution is 6.03. The largest absolute Gasteiger partial charge is 0.432 e. The molecule has 1 aromatic heterocycles. The van der Waals surface area contributed by atoms with E-state index in [-0.39, 0.29) is 16.5 Å². The second-order valence-electron chi connectivity index (χ2n) is 22.0. The van der Waals surface area contributed by atoms with Crippen LogP contribution in [0.5, 0.6) is 5.75 Å². The maximum absolute atomic E-state index is 9.41. The van der Waals surface area contributed by atoms with E-state index in [0.717, 1.165) is 101 Å². The average molecular weight is 911 g/mol. The SMILES string of the molecule is [2H]C([2H])([2H])c1ccc(-c2cc[n+]3c(c2)-c2cc(-c4ccccc4)cc4c2C32Oc3c(cc(C(C)(C)C)cc3C(C)(C)C)C3N(c5ccc(-c6cc(C([2H])(C)C)cc(C([2H])(C)C)c6)cc5C([2H])([2H])[2H])c5cccc-4c5N32)cc1. The Kier molecular flexibility index (Phi) is 7.68. The molecule has 4 aliphatic heterocycles. The summed E-state index contributed by atoms with van der Waals surface area (Å²) in [5.74, 6) is -2.52. The first kappa shape index (κ1) is 35.2. The molecule has 12 rings (SSSR count). The number of hydrogen-bond donors (Lipinski definition) is 0. The van der Waals surface area contributed by atoms with Crippen molar-refractivity contribution >= 4 is 17.1 Å². The number of aromatic nitrogens is 1. The number of fused-ring (bicyclic) bond motifs is 5. The second kappa shape index (κ2) is 15.0. The van der Waals surface area contributed by atoms with Crippen molar-refractivity contribution in [3.8, 4) is 61.5 Å². The van der Waals surface area contributed by atoms with Crippen molar-refractivity contribution in [3.05, 3.63) is 196 Å². The van der Waals surface area contributed by atoms with Gasteiger partial charge >= 0.3 is 5.85 Å². The van der Waals surface area contributed by atoms with E-state index in [9.17, 15) is 4.11 Å². The van der Waals surface area contributed by atoms with Crippen LogP contribution in [0.4, 0.5) is 17.1 Å². The molecule has 0 saturated heterocycles. The predicted molar refractivity (Wildman–Crippen MR) is 287 cm³/mol. The third-order valence-electron chi connectivity index (χ3n) is 15.0. The lowest BCUT2D eigenvalue weighted by atomic mass is 9.77. The molecule has 0 N–H and O–H groups in total. The summed E-state index contributed by atoms with van der Waals surface area (Å²) in [7, 11) is 0. The molecule has 0 saturated carbocycles. The molecule has 0 radical (unpaired) electrons. The van der Waals surface area contributed by atoms with Gasteiger partial charge in [0.2, 0.25) is 5.69 Å². The maximum atomic E-state index is 9.41. The van der Waals surface area contributed by atoms with Crippen LogP contribution in [0.1, 0.15) is 143 Å². The molecule has 2 unspecified atom stereocenters. The highest BCUT2D eigenvalue weighted by Gasteiger charge is 2.70. The van der Waals surface area contributed by atoms with Gasteiger partial charge in [0.15, 0.2) is 6.20 Å². The molecule has 4 aliphatic rings. The van der Waals surface area contributed by atoms with Crippen LogP contribution in [0.25, 0.3) is 55.8 Å². The van der Waals surface area contributed by atoms with Gasteiger partial charge in [-0.15, -0.1) is 4.57 Å². The quantitative estimate of drug-likeness (QED) is 0.155. The monoisotopic (exact) mass is 911 g/mol. The summed E-state index contributed by atoms with van der Waals surface area (Å²) in [6, 6.07) is 49.0. The van der Waals surface area contributed by atoms with Crippen molar-refractivity contribution in [3.63, 3.8) is 0 Å². The van der Waals surface area contributed by atoms with Crippen LogP contribution in [0.15, 0.2) is 152 Å². The zero-order chi connectivity index (χ0) is 54.9. The Balaban J connectivity index is 1.18. The van der Waals surface area contributed by atoms with Crippen LogP contribution in [0.2, 0.25) is 0 Å². The minimum Gasteiger partial charge on any atom is -0.410 e. The lowest BCUT2D eigenvalue weighted by Crippen LogP contribution is -2.71. The van der Waals surface area contributed by atoms with Crippen LogP contribution in [-0.4, -0.2) is 0 Å².